The van der Waals surface area contributed by atoms with Crippen molar-refractivity contribution >= 4 is 0 Å². The summed E-state index contributed by atoms with van der Waals surface area (Å²) in [5.74, 6) is -5.09. The molecule has 0 saturated heterocycles. The first-order chi connectivity index (χ1) is 12.9. The number of phenolic OH excluding ortho intramolecular Hbond substituents is 1. The molecule has 3 rings (SSSR count). The second-order valence-electron chi connectivity index (χ2n) is 6.93. The molecule has 0 heterocycles. The van der Waals surface area contributed by atoms with Gasteiger partial charge in [0.05, 0.1) is 6.61 Å². The average molecular weight is 382 g/mol. The van der Waals surface area contributed by atoms with Crippen molar-refractivity contribution in [3.05, 3.63) is 64.2 Å². The number of phenols is 1. The maximum atomic E-state index is 14.5. The van der Waals surface area contributed by atoms with Gasteiger partial charge < -0.3 is 9.84 Å². The molecule has 2 aromatic carbocycles. The summed E-state index contributed by atoms with van der Waals surface area (Å²) in [6.45, 7) is 2.23. The van der Waals surface area contributed by atoms with Gasteiger partial charge in [-0.25, -0.2) is 13.2 Å². The van der Waals surface area contributed by atoms with E-state index < -0.39 is 29.0 Å². The Balaban J connectivity index is 1.73. The smallest absolute Gasteiger partial charge is 0.200 e. The van der Waals surface area contributed by atoms with Crippen LogP contribution in [-0.2, 0) is 11.3 Å². The van der Waals surface area contributed by atoms with Crippen molar-refractivity contribution in [2.75, 3.05) is 6.61 Å². The molecule has 6 heteroatoms. The summed E-state index contributed by atoms with van der Waals surface area (Å²) >= 11 is 0. The Morgan fingerprint density at radius 1 is 0.815 bits per heavy atom. The lowest BCUT2D eigenvalue weighted by atomic mass is 9.75. The van der Waals surface area contributed by atoms with Crippen molar-refractivity contribution in [3.8, 4) is 5.75 Å². The van der Waals surface area contributed by atoms with Crippen LogP contribution in [0.4, 0.5) is 17.6 Å². The van der Waals surface area contributed by atoms with Crippen LogP contribution in [0.3, 0.4) is 0 Å². The number of hydrogen-bond acceptors (Lipinski definition) is 2. The second-order valence-corrected chi connectivity index (χ2v) is 6.93. The number of benzene rings is 2. The van der Waals surface area contributed by atoms with E-state index in [4.69, 9.17) is 4.74 Å². The number of rotatable bonds is 5. The second kappa shape index (κ2) is 8.30. The third kappa shape index (κ3) is 3.95. The van der Waals surface area contributed by atoms with Crippen LogP contribution in [0.15, 0.2) is 24.3 Å². The molecule has 1 saturated carbocycles. The number of aromatic hydroxyl groups is 1. The molecule has 0 bridgehead atoms. The first kappa shape index (κ1) is 19.7. The summed E-state index contributed by atoms with van der Waals surface area (Å²) in [6, 6.07) is 5.68. The van der Waals surface area contributed by atoms with E-state index in [1.165, 1.54) is 6.07 Å². The predicted molar refractivity (Wildman–Crippen MR) is 93.7 cm³/mol. The van der Waals surface area contributed by atoms with E-state index in [1.807, 2.05) is 0 Å². The van der Waals surface area contributed by atoms with Crippen molar-refractivity contribution in [3.63, 3.8) is 0 Å². The fourth-order valence-electron chi connectivity index (χ4n) is 3.83. The van der Waals surface area contributed by atoms with Gasteiger partial charge in [0.25, 0.3) is 0 Å². The molecular weight excluding hydrogens is 360 g/mol. The molecule has 1 N–H and O–H groups in total. The fraction of sp³-hybridized carbons (Fsp3) is 0.429. The van der Waals surface area contributed by atoms with E-state index in [2.05, 4.69) is 0 Å². The Labute approximate surface area is 155 Å². The largest absolute Gasteiger partial charge is 0.505 e. The van der Waals surface area contributed by atoms with Crippen LogP contribution in [0, 0.1) is 23.3 Å². The highest BCUT2D eigenvalue weighted by atomic mass is 19.2. The molecule has 0 atom stereocenters. The molecule has 1 aliphatic rings. The lowest BCUT2D eigenvalue weighted by Crippen LogP contribution is -2.15. The number of halogens is 4. The third-order valence-corrected chi connectivity index (χ3v) is 5.35. The molecule has 0 amide bonds. The van der Waals surface area contributed by atoms with Crippen LogP contribution in [0.5, 0.6) is 5.75 Å². The Bertz CT molecular complexity index is 814. The van der Waals surface area contributed by atoms with Gasteiger partial charge in [0.2, 0.25) is 5.82 Å². The number of hydrogen-bond donors (Lipinski definition) is 1. The zero-order chi connectivity index (χ0) is 19.6. The quantitative estimate of drug-likeness (QED) is 0.650. The minimum atomic E-state index is -1.24. The fourth-order valence-corrected chi connectivity index (χ4v) is 3.83. The Hall–Kier alpha value is -2.08. The number of ether oxygens (including phenoxy) is 1. The van der Waals surface area contributed by atoms with Crippen molar-refractivity contribution in [2.45, 2.75) is 51.0 Å². The predicted octanol–water partition coefficient (Wildman–Crippen LogP) is 5.93. The van der Waals surface area contributed by atoms with Gasteiger partial charge in [0.15, 0.2) is 23.2 Å². The highest BCUT2D eigenvalue weighted by Crippen LogP contribution is 2.43. The third-order valence-electron chi connectivity index (χ3n) is 5.35. The van der Waals surface area contributed by atoms with Crippen molar-refractivity contribution in [1.82, 2.24) is 0 Å². The minimum absolute atomic E-state index is 0.0258. The first-order valence-electron chi connectivity index (χ1n) is 9.15. The van der Waals surface area contributed by atoms with Gasteiger partial charge in [-0.05, 0) is 61.6 Å². The van der Waals surface area contributed by atoms with Gasteiger partial charge in [-0.3, -0.25) is 0 Å². The van der Waals surface area contributed by atoms with Crippen LogP contribution < -0.4 is 0 Å². The van der Waals surface area contributed by atoms with Gasteiger partial charge in [0, 0.05) is 12.2 Å². The molecule has 1 aliphatic carbocycles. The Kier molecular flexibility index (Phi) is 6.05. The van der Waals surface area contributed by atoms with Crippen molar-refractivity contribution in [1.29, 1.82) is 0 Å². The molecule has 0 spiro atoms. The monoisotopic (exact) mass is 382 g/mol. The summed E-state index contributed by atoms with van der Waals surface area (Å²) < 4.78 is 61.5. The molecule has 0 aliphatic heterocycles. The topological polar surface area (TPSA) is 29.5 Å². The van der Waals surface area contributed by atoms with E-state index >= 15 is 0 Å². The van der Waals surface area contributed by atoms with Gasteiger partial charge >= 0.3 is 0 Å². The molecular formula is C21H22F4O2. The highest BCUT2D eigenvalue weighted by molar-refractivity contribution is 5.33. The van der Waals surface area contributed by atoms with Crippen molar-refractivity contribution < 1.29 is 27.4 Å². The highest BCUT2D eigenvalue weighted by Gasteiger charge is 2.29. The maximum Gasteiger partial charge on any atom is 0.200 e. The molecule has 27 heavy (non-hydrogen) atoms. The van der Waals surface area contributed by atoms with Crippen LogP contribution in [-0.4, -0.2) is 11.7 Å². The van der Waals surface area contributed by atoms with Crippen LogP contribution >= 0.6 is 0 Å². The molecule has 2 aromatic rings. The van der Waals surface area contributed by atoms with Crippen LogP contribution in [0.1, 0.15) is 61.1 Å². The zero-order valence-electron chi connectivity index (χ0n) is 15.1. The summed E-state index contributed by atoms with van der Waals surface area (Å²) in [4.78, 5) is 0. The van der Waals surface area contributed by atoms with Gasteiger partial charge in [-0.1, -0.05) is 18.2 Å². The summed E-state index contributed by atoms with van der Waals surface area (Å²) in [5, 5.41) is 9.25. The molecule has 146 valence electrons. The Morgan fingerprint density at radius 2 is 1.33 bits per heavy atom. The lowest BCUT2D eigenvalue weighted by Gasteiger charge is -2.29. The normalized spacial score (nSPS) is 20.0. The van der Waals surface area contributed by atoms with Gasteiger partial charge in [-0.2, -0.15) is 4.39 Å². The summed E-state index contributed by atoms with van der Waals surface area (Å²) in [6.07, 6.45) is 2.17. The molecule has 0 radical (unpaired) electrons. The lowest BCUT2D eigenvalue weighted by molar-refractivity contribution is 0.131. The average Bonchev–Trinajstić information content (AvgIpc) is 2.68. The van der Waals surface area contributed by atoms with Crippen LogP contribution in [0.25, 0.3) is 0 Å². The van der Waals surface area contributed by atoms with Gasteiger partial charge in [-0.15, -0.1) is 0 Å². The SMILES string of the molecule is CCOCc1ccc(C2CCC(c3ccc(O)c(F)c3F)CC2)c(F)c1F. The van der Waals surface area contributed by atoms with E-state index in [-0.39, 0.29) is 29.6 Å². The molecule has 0 unspecified atom stereocenters. The van der Waals surface area contributed by atoms with E-state index in [0.29, 0.717) is 37.9 Å². The van der Waals surface area contributed by atoms with E-state index in [1.54, 1.807) is 19.1 Å². The minimum Gasteiger partial charge on any atom is -0.505 e. The van der Waals surface area contributed by atoms with E-state index in [9.17, 15) is 22.7 Å². The molecule has 2 nitrogen and oxygen atoms in total. The van der Waals surface area contributed by atoms with Crippen molar-refractivity contribution in [2.24, 2.45) is 0 Å². The van der Waals surface area contributed by atoms with E-state index in [0.717, 1.165) is 6.07 Å². The summed E-state index contributed by atoms with van der Waals surface area (Å²) in [7, 11) is 0. The Morgan fingerprint density at radius 3 is 1.89 bits per heavy atom. The first-order valence-corrected chi connectivity index (χ1v) is 9.15. The van der Waals surface area contributed by atoms with Gasteiger partial charge in [0.1, 0.15) is 0 Å². The maximum absolute atomic E-state index is 14.5. The molecule has 0 aromatic heterocycles. The van der Waals surface area contributed by atoms with Crippen LogP contribution in [0.2, 0.25) is 0 Å². The standard InChI is InChI=1S/C21H22F4O2/c1-2-27-11-14-7-8-15(19(23)18(14)22)12-3-5-13(6-4-12)16-9-10-17(26)21(25)20(16)24/h7-10,12-13,26H,2-6,11H2,1H3. The summed E-state index contributed by atoms with van der Waals surface area (Å²) in [5.41, 5.74) is 0.736. The molecule has 1 fully saturated rings. The zero-order valence-corrected chi connectivity index (χ0v) is 15.1.